The van der Waals surface area contributed by atoms with Crippen LogP contribution in [0.25, 0.3) is 0 Å². The molecule has 5 heteroatoms. The van der Waals surface area contributed by atoms with Crippen molar-refractivity contribution in [3.8, 4) is 0 Å². The molecule has 0 bridgehead atoms. The normalized spacial score (nSPS) is 22.5. The molecule has 2 aliphatic rings. The molecule has 3 rings (SSSR count). The molecule has 0 aromatic carbocycles. The molecule has 1 aliphatic carbocycles. The third-order valence-corrected chi connectivity index (χ3v) is 5.17. The van der Waals surface area contributed by atoms with Gasteiger partial charge in [-0.3, -0.25) is 4.90 Å². The summed E-state index contributed by atoms with van der Waals surface area (Å²) in [6.07, 6.45) is 5.76. The maximum absolute atomic E-state index is 3.47. The lowest BCUT2D eigenvalue weighted by atomic mass is 9.94. The van der Waals surface area contributed by atoms with Crippen molar-refractivity contribution in [2.45, 2.75) is 31.7 Å². The standard InChI is InChI=1S/C14H22N2S.2ClH/c1-2-5-12(4-1)14(13-6-3-11-17-13)16-9-7-15-8-10-16;;/h3,6,11-12,14-15H,1-2,4-5,7-10H2;2*1H/t14-;;/m1../s1. The summed E-state index contributed by atoms with van der Waals surface area (Å²) in [5.74, 6) is 0.909. The van der Waals surface area contributed by atoms with Crippen LogP contribution in [-0.4, -0.2) is 31.1 Å². The van der Waals surface area contributed by atoms with Gasteiger partial charge in [-0.05, 0) is 30.2 Å². The summed E-state index contributed by atoms with van der Waals surface area (Å²) in [6, 6.07) is 5.26. The van der Waals surface area contributed by atoms with Gasteiger partial charge in [0.1, 0.15) is 0 Å². The predicted molar refractivity (Wildman–Crippen MR) is 88.0 cm³/mol. The highest BCUT2D eigenvalue weighted by Gasteiger charge is 2.32. The predicted octanol–water partition coefficient (Wildman–Crippen LogP) is 3.73. The third kappa shape index (κ3) is 4.08. The van der Waals surface area contributed by atoms with E-state index in [1.807, 2.05) is 11.3 Å². The van der Waals surface area contributed by atoms with Gasteiger partial charge in [-0.1, -0.05) is 18.9 Å². The molecule has 0 spiro atoms. The topological polar surface area (TPSA) is 15.3 Å². The molecule has 0 unspecified atom stereocenters. The van der Waals surface area contributed by atoms with Crippen LogP contribution >= 0.6 is 36.2 Å². The Morgan fingerprint density at radius 3 is 2.42 bits per heavy atom. The highest BCUT2D eigenvalue weighted by Crippen LogP contribution is 2.41. The molecule has 2 nitrogen and oxygen atoms in total. The number of rotatable bonds is 3. The summed E-state index contributed by atoms with van der Waals surface area (Å²) in [7, 11) is 0. The van der Waals surface area contributed by atoms with E-state index in [-0.39, 0.29) is 24.8 Å². The smallest absolute Gasteiger partial charge is 0.0470 e. The summed E-state index contributed by atoms with van der Waals surface area (Å²) in [4.78, 5) is 4.32. The maximum Gasteiger partial charge on any atom is 0.0470 e. The summed E-state index contributed by atoms with van der Waals surface area (Å²) < 4.78 is 0. The van der Waals surface area contributed by atoms with Crippen LogP contribution in [0.3, 0.4) is 0 Å². The first-order valence-electron chi connectivity index (χ1n) is 6.93. The number of thiophene rings is 1. The maximum atomic E-state index is 3.47. The summed E-state index contributed by atoms with van der Waals surface area (Å²) in [5.41, 5.74) is 0. The molecule has 0 radical (unpaired) electrons. The minimum absolute atomic E-state index is 0. The van der Waals surface area contributed by atoms with Gasteiger partial charge in [-0.2, -0.15) is 0 Å². The van der Waals surface area contributed by atoms with Crippen molar-refractivity contribution in [1.29, 1.82) is 0 Å². The fourth-order valence-corrected chi connectivity index (χ4v) is 4.36. The quantitative estimate of drug-likeness (QED) is 0.912. The Kier molecular flexibility index (Phi) is 7.70. The van der Waals surface area contributed by atoms with Gasteiger partial charge in [0, 0.05) is 37.1 Å². The molecule has 1 aliphatic heterocycles. The van der Waals surface area contributed by atoms with Gasteiger partial charge in [0.05, 0.1) is 0 Å². The Bertz CT molecular complexity index is 333. The summed E-state index contributed by atoms with van der Waals surface area (Å²) >= 11 is 1.95. The lowest BCUT2D eigenvalue weighted by Gasteiger charge is -2.37. The highest BCUT2D eigenvalue weighted by atomic mass is 35.5. The van der Waals surface area contributed by atoms with Gasteiger partial charge in [-0.15, -0.1) is 36.2 Å². The molecule has 0 amide bonds. The second-order valence-electron chi connectivity index (χ2n) is 5.29. The van der Waals surface area contributed by atoms with E-state index < -0.39 is 0 Å². The minimum Gasteiger partial charge on any atom is -0.314 e. The van der Waals surface area contributed by atoms with Gasteiger partial charge in [0.25, 0.3) is 0 Å². The van der Waals surface area contributed by atoms with E-state index >= 15 is 0 Å². The molecule has 1 saturated heterocycles. The molecule has 2 fully saturated rings. The zero-order valence-corrected chi connectivity index (χ0v) is 13.7. The molecule has 1 saturated carbocycles. The van der Waals surface area contributed by atoms with Crippen molar-refractivity contribution in [3.05, 3.63) is 22.4 Å². The average Bonchev–Trinajstić information content (AvgIpc) is 3.04. The summed E-state index contributed by atoms with van der Waals surface area (Å²) in [6.45, 7) is 4.77. The largest absolute Gasteiger partial charge is 0.314 e. The Hall–Kier alpha value is 0.200. The third-order valence-electron chi connectivity index (χ3n) is 4.23. The van der Waals surface area contributed by atoms with E-state index in [1.54, 1.807) is 4.88 Å². The van der Waals surface area contributed by atoms with E-state index in [0.717, 1.165) is 19.0 Å². The highest BCUT2D eigenvalue weighted by molar-refractivity contribution is 7.10. The Balaban J connectivity index is 0.000000902. The lowest BCUT2D eigenvalue weighted by molar-refractivity contribution is 0.128. The van der Waals surface area contributed by atoms with Crippen molar-refractivity contribution < 1.29 is 0 Å². The second kappa shape index (κ2) is 8.48. The minimum atomic E-state index is 0. The van der Waals surface area contributed by atoms with Gasteiger partial charge >= 0.3 is 0 Å². The van der Waals surface area contributed by atoms with E-state index in [9.17, 15) is 0 Å². The van der Waals surface area contributed by atoms with Crippen molar-refractivity contribution in [2.75, 3.05) is 26.2 Å². The number of nitrogens with one attached hydrogen (secondary N) is 1. The van der Waals surface area contributed by atoms with Gasteiger partial charge in [0.15, 0.2) is 0 Å². The van der Waals surface area contributed by atoms with Gasteiger partial charge in [-0.25, -0.2) is 0 Å². The van der Waals surface area contributed by atoms with Crippen LogP contribution in [0.15, 0.2) is 17.5 Å². The van der Waals surface area contributed by atoms with Crippen LogP contribution in [0.4, 0.5) is 0 Å². The van der Waals surface area contributed by atoms with E-state index in [2.05, 4.69) is 27.7 Å². The Morgan fingerprint density at radius 2 is 1.84 bits per heavy atom. The van der Waals surface area contributed by atoms with Gasteiger partial charge in [0.2, 0.25) is 0 Å². The summed E-state index contributed by atoms with van der Waals surface area (Å²) in [5, 5.41) is 5.70. The second-order valence-corrected chi connectivity index (χ2v) is 6.27. The van der Waals surface area contributed by atoms with Gasteiger partial charge < -0.3 is 5.32 Å². The number of nitrogens with zero attached hydrogens (tertiary/aromatic N) is 1. The van der Waals surface area contributed by atoms with E-state index in [1.165, 1.54) is 38.8 Å². The van der Waals surface area contributed by atoms with Crippen LogP contribution in [0.1, 0.15) is 36.6 Å². The molecular weight excluding hydrogens is 299 g/mol. The molecule has 1 aromatic rings. The van der Waals surface area contributed by atoms with E-state index in [4.69, 9.17) is 0 Å². The average molecular weight is 323 g/mol. The van der Waals surface area contributed by atoms with Crippen LogP contribution in [0.2, 0.25) is 0 Å². The van der Waals surface area contributed by atoms with Crippen LogP contribution in [0.5, 0.6) is 0 Å². The lowest BCUT2D eigenvalue weighted by Crippen LogP contribution is -2.46. The van der Waals surface area contributed by atoms with Crippen molar-refractivity contribution in [2.24, 2.45) is 5.92 Å². The zero-order valence-electron chi connectivity index (χ0n) is 11.2. The van der Waals surface area contributed by atoms with E-state index in [0.29, 0.717) is 6.04 Å². The van der Waals surface area contributed by atoms with Crippen molar-refractivity contribution >= 4 is 36.2 Å². The zero-order chi connectivity index (χ0) is 11.5. The number of hydrogen-bond donors (Lipinski definition) is 1. The first-order valence-corrected chi connectivity index (χ1v) is 7.81. The molecule has 2 heterocycles. The fraction of sp³-hybridized carbons (Fsp3) is 0.714. The fourth-order valence-electron chi connectivity index (χ4n) is 3.40. The molecular formula is C14H24Cl2N2S. The van der Waals surface area contributed by atoms with Crippen molar-refractivity contribution in [3.63, 3.8) is 0 Å². The Labute approximate surface area is 132 Å². The first-order chi connectivity index (χ1) is 8.45. The van der Waals surface area contributed by atoms with Crippen LogP contribution in [0, 0.1) is 5.92 Å². The molecule has 1 aromatic heterocycles. The monoisotopic (exact) mass is 322 g/mol. The SMILES string of the molecule is Cl.Cl.c1csc([C@@H](C2CCCC2)N2CCNCC2)c1. The molecule has 1 atom stereocenters. The molecule has 1 N–H and O–H groups in total. The van der Waals surface area contributed by atoms with Crippen molar-refractivity contribution in [1.82, 2.24) is 10.2 Å². The van der Waals surface area contributed by atoms with Crippen LogP contribution in [-0.2, 0) is 0 Å². The number of piperazine rings is 1. The van der Waals surface area contributed by atoms with Crippen LogP contribution < -0.4 is 5.32 Å². The Morgan fingerprint density at radius 1 is 1.16 bits per heavy atom. The molecule has 110 valence electrons. The molecule has 19 heavy (non-hydrogen) atoms. The number of halogens is 2. The first kappa shape index (κ1) is 17.3. The number of hydrogen-bond acceptors (Lipinski definition) is 3.